The van der Waals surface area contributed by atoms with Crippen LogP contribution in [0, 0.1) is 0 Å². The first-order valence-corrected chi connectivity index (χ1v) is 8.86. The van der Waals surface area contributed by atoms with Crippen molar-refractivity contribution in [3.05, 3.63) is 0 Å². The molecule has 0 aliphatic heterocycles. The molecular weight excluding hydrogens is 280 g/mol. The first-order chi connectivity index (χ1) is 9.19. The number of nitrogens with zero attached hydrogens (tertiary/aromatic N) is 2. The summed E-state index contributed by atoms with van der Waals surface area (Å²) in [4.78, 5) is 13.3. The van der Waals surface area contributed by atoms with E-state index < -0.39 is 10.1 Å². The highest BCUT2D eigenvalue weighted by atomic mass is 32.2. The molecule has 0 heterocycles. The normalized spacial score (nSPS) is 12.4. The molecule has 0 rings (SSSR count). The molecule has 0 saturated heterocycles. The summed E-state index contributed by atoms with van der Waals surface area (Å²) < 4.78 is 31.0. The molecule has 0 saturated carbocycles. The number of carbonyl (C=O) groups excluding carboxylic acids is 1. The maximum atomic E-state index is 11.6. The Balaban J connectivity index is 4.45. The number of hydrogen-bond donors (Lipinski definition) is 1. The monoisotopic (exact) mass is 309 g/mol. The fraction of sp³-hybridized carbons (Fsp3) is 0.923. The standard InChI is InChI=1S/C13H28N2O4S/c1-5-15(6-2,7-3)11-10-14(13(4)16)9-8-12-20(17,18)19/h5-12H2,1-4H3/p+1. The molecule has 120 valence electrons. The van der Waals surface area contributed by atoms with Crippen LogP contribution in [-0.4, -0.2) is 73.3 Å². The number of amides is 1. The zero-order chi connectivity index (χ0) is 15.8. The van der Waals surface area contributed by atoms with E-state index in [1.807, 2.05) is 0 Å². The lowest BCUT2D eigenvalue weighted by atomic mass is 10.3. The van der Waals surface area contributed by atoms with E-state index in [9.17, 15) is 13.2 Å². The van der Waals surface area contributed by atoms with Gasteiger partial charge in [0.05, 0.1) is 38.5 Å². The van der Waals surface area contributed by atoms with Crippen LogP contribution in [0.15, 0.2) is 0 Å². The van der Waals surface area contributed by atoms with Crippen LogP contribution in [0.25, 0.3) is 0 Å². The highest BCUT2D eigenvalue weighted by molar-refractivity contribution is 7.85. The smallest absolute Gasteiger partial charge is 0.264 e. The third-order valence-electron chi connectivity index (χ3n) is 4.13. The molecule has 7 heteroatoms. The van der Waals surface area contributed by atoms with Gasteiger partial charge in [0, 0.05) is 13.5 Å². The lowest BCUT2D eigenvalue weighted by Crippen LogP contribution is -2.52. The van der Waals surface area contributed by atoms with Crippen LogP contribution in [0.1, 0.15) is 34.1 Å². The second-order valence-electron chi connectivity index (χ2n) is 5.16. The number of carbonyl (C=O) groups is 1. The van der Waals surface area contributed by atoms with Crippen LogP contribution in [0.5, 0.6) is 0 Å². The maximum absolute atomic E-state index is 11.6. The zero-order valence-corrected chi connectivity index (χ0v) is 13.9. The Morgan fingerprint density at radius 1 is 1.10 bits per heavy atom. The molecule has 0 fully saturated rings. The summed E-state index contributed by atoms with van der Waals surface area (Å²) in [5, 5.41) is 0. The Bertz CT molecular complexity index is 383. The van der Waals surface area contributed by atoms with Gasteiger partial charge in [-0.2, -0.15) is 8.42 Å². The van der Waals surface area contributed by atoms with Crippen molar-refractivity contribution in [2.24, 2.45) is 0 Å². The average Bonchev–Trinajstić information content (AvgIpc) is 2.37. The first-order valence-electron chi connectivity index (χ1n) is 7.25. The Morgan fingerprint density at radius 2 is 1.60 bits per heavy atom. The van der Waals surface area contributed by atoms with Crippen LogP contribution < -0.4 is 0 Å². The van der Waals surface area contributed by atoms with Gasteiger partial charge in [0.1, 0.15) is 0 Å². The van der Waals surface area contributed by atoms with Gasteiger partial charge in [-0.1, -0.05) is 0 Å². The van der Waals surface area contributed by atoms with E-state index in [2.05, 4.69) is 20.8 Å². The number of quaternary nitrogens is 1. The Kier molecular flexibility index (Phi) is 8.30. The molecule has 0 aliphatic rings. The predicted molar refractivity (Wildman–Crippen MR) is 80.0 cm³/mol. The molecule has 1 N–H and O–H groups in total. The van der Waals surface area contributed by atoms with Crippen LogP contribution >= 0.6 is 0 Å². The van der Waals surface area contributed by atoms with Crippen molar-refractivity contribution in [2.45, 2.75) is 34.1 Å². The van der Waals surface area contributed by atoms with Crippen LogP contribution in [-0.2, 0) is 14.9 Å². The van der Waals surface area contributed by atoms with E-state index in [0.29, 0.717) is 13.1 Å². The van der Waals surface area contributed by atoms with Crippen LogP contribution in [0.2, 0.25) is 0 Å². The summed E-state index contributed by atoms with van der Waals surface area (Å²) in [6, 6.07) is 0. The highest BCUT2D eigenvalue weighted by Gasteiger charge is 2.22. The van der Waals surface area contributed by atoms with Gasteiger partial charge in [0.15, 0.2) is 0 Å². The molecule has 0 aromatic heterocycles. The molecular formula is C13H29N2O4S+. The first kappa shape index (κ1) is 19.3. The lowest BCUT2D eigenvalue weighted by molar-refractivity contribution is -0.922. The molecule has 0 radical (unpaired) electrons. The van der Waals surface area contributed by atoms with Gasteiger partial charge < -0.3 is 9.38 Å². The number of likely N-dealkylation sites (N-methyl/N-ethyl adjacent to an activating group) is 1. The zero-order valence-electron chi connectivity index (χ0n) is 13.1. The van der Waals surface area contributed by atoms with E-state index in [4.69, 9.17) is 4.55 Å². The van der Waals surface area contributed by atoms with E-state index in [-0.39, 0.29) is 18.1 Å². The van der Waals surface area contributed by atoms with Gasteiger partial charge >= 0.3 is 0 Å². The molecule has 0 atom stereocenters. The van der Waals surface area contributed by atoms with Crippen molar-refractivity contribution in [3.8, 4) is 0 Å². The second kappa shape index (κ2) is 8.59. The fourth-order valence-electron chi connectivity index (χ4n) is 2.34. The van der Waals surface area contributed by atoms with Crippen molar-refractivity contribution in [3.63, 3.8) is 0 Å². The van der Waals surface area contributed by atoms with Crippen LogP contribution in [0.3, 0.4) is 0 Å². The molecule has 0 unspecified atom stereocenters. The molecule has 20 heavy (non-hydrogen) atoms. The van der Waals surface area contributed by atoms with Gasteiger partial charge in [0.25, 0.3) is 10.1 Å². The molecule has 6 nitrogen and oxygen atoms in total. The highest BCUT2D eigenvalue weighted by Crippen LogP contribution is 2.07. The predicted octanol–water partition coefficient (Wildman–Crippen LogP) is 0.989. The maximum Gasteiger partial charge on any atom is 0.264 e. The summed E-state index contributed by atoms with van der Waals surface area (Å²) in [5.41, 5.74) is 0. The van der Waals surface area contributed by atoms with Gasteiger partial charge in [0.2, 0.25) is 5.91 Å². The Morgan fingerprint density at radius 3 is 1.95 bits per heavy atom. The average molecular weight is 309 g/mol. The third-order valence-corrected chi connectivity index (χ3v) is 4.94. The van der Waals surface area contributed by atoms with E-state index in [0.717, 1.165) is 30.7 Å². The third kappa shape index (κ3) is 7.21. The SMILES string of the molecule is CC[N+](CC)(CC)CCN(CCCS(=O)(=O)O)C(C)=O. The quantitative estimate of drug-likeness (QED) is 0.482. The van der Waals surface area contributed by atoms with Gasteiger partial charge in [-0.25, -0.2) is 0 Å². The molecule has 0 spiro atoms. The molecule has 0 aromatic rings. The largest absolute Gasteiger partial charge is 0.337 e. The van der Waals surface area contributed by atoms with E-state index >= 15 is 0 Å². The van der Waals surface area contributed by atoms with Crippen LogP contribution in [0.4, 0.5) is 0 Å². The summed E-state index contributed by atoms with van der Waals surface area (Å²) in [6.07, 6.45) is 0.267. The van der Waals surface area contributed by atoms with Crippen molar-refractivity contribution >= 4 is 16.0 Å². The minimum Gasteiger partial charge on any atom is -0.337 e. The van der Waals surface area contributed by atoms with Gasteiger partial charge in [-0.05, 0) is 27.2 Å². The van der Waals surface area contributed by atoms with Gasteiger partial charge in [-0.15, -0.1) is 0 Å². The van der Waals surface area contributed by atoms with Crippen molar-refractivity contribution in [1.29, 1.82) is 0 Å². The second-order valence-corrected chi connectivity index (χ2v) is 6.73. The fourth-order valence-corrected chi connectivity index (χ4v) is 2.84. The minimum atomic E-state index is -3.94. The van der Waals surface area contributed by atoms with Crippen molar-refractivity contribution in [2.75, 3.05) is 45.0 Å². The summed E-state index contributed by atoms with van der Waals surface area (Å²) in [7, 11) is -3.94. The molecule has 0 aliphatic carbocycles. The summed E-state index contributed by atoms with van der Waals surface area (Å²) in [6.45, 7) is 12.8. The number of rotatable bonds is 10. The van der Waals surface area contributed by atoms with E-state index in [1.165, 1.54) is 6.92 Å². The number of hydrogen-bond acceptors (Lipinski definition) is 3. The summed E-state index contributed by atoms with van der Waals surface area (Å²) in [5.74, 6) is -0.353. The topological polar surface area (TPSA) is 74.7 Å². The van der Waals surface area contributed by atoms with Crippen molar-refractivity contribution in [1.82, 2.24) is 4.90 Å². The molecule has 1 amide bonds. The summed E-state index contributed by atoms with van der Waals surface area (Å²) >= 11 is 0. The lowest BCUT2D eigenvalue weighted by Gasteiger charge is -2.37. The Labute approximate surface area is 123 Å². The molecule has 0 bridgehead atoms. The minimum absolute atomic E-state index is 0.0539. The molecule has 0 aromatic carbocycles. The van der Waals surface area contributed by atoms with Crippen molar-refractivity contribution < 1.29 is 22.2 Å². The van der Waals surface area contributed by atoms with Gasteiger partial charge in [-0.3, -0.25) is 9.35 Å². The Hall–Kier alpha value is -0.660. The van der Waals surface area contributed by atoms with E-state index in [1.54, 1.807) is 4.90 Å².